The van der Waals surface area contributed by atoms with Gasteiger partial charge in [-0.1, -0.05) is 0 Å². The second-order valence-corrected chi connectivity index (χ2v) is 7.31. The molecule has 1 heterocycles. The molecule has 5 rings (SSSR count). The van der Waals surface area contributed by atoms with Crippen LogP contribution in [-0.4, -0.2) is 16.3 Å². The predicted molar refractivity (Wildman–Crippen MR) is 75.6 cm³/mol. The molecule has 1 aromatic rings. The zero-order valence-electron chi connectivity index (χ0n) is 11.8. The van der Waals surface area contributed by atoms with Gasteiger partial charge in [0.25, 0.3) is 0 Å². The highest BCUT2D eigenvalue weighted by molar-refractivity contribution is 5.05. The standard InChI is InChI=1S/C16H25N3/c1-10-8-18-19(9-10)15(7-17)16-13-3-11-2-12(5-13)6-14(16)4-11/h8-9,11-16H,2-7,17H2,1H3. The summed E-state index contributed by atoms with van der Waals surface area (Å²) in [4.78, 5) is 0. The summed E-state index contributed by atoms with van der Waals surface area (Å²) in [5.74, 6) is 4.72. The molecule has 4 bridgehead atoms. The molecule has 3 nitrogen and oxygen atoms in total. The fourth-order valence-electron chi connectivity index (χ4n) is 5.65. The van der Waals surface area contributed by atoms with E-state index in [4.69, 9.17) is 5.73 Å². The number of nitrogens with zero attached hydrogens (tertiary/aromatic N) is 2. The smallest absolute Gasteiger partial charge is 0.0674 e. The minimum absolute atomic E-state index is 0.434. The first-order valence-electron chi connectivity index (χ1n) is 7.95. The third kappa shape index (κ3) is 1.85. The Balaban J connectivity index is 1.63. The van der Waals surface area contributed by atoms with Crippen molar-refractivity contribution in [1.82, 2.24) is 9.78 Å². The molecule has 104 valence electrons. The van der Waals surface area contributed by atoms with E-state index in [1.165, 1.54) is 37.7 Å². The van der Waals surface area contributed by atoms with Crippen LogP contribution in [0.2, 0.25) is 0 Å². The summed E-state index contributed by atoms with van der Waals surface area (Å²) in [6.45, 7) is 2.86. The Labute approximate surface area is 115 Å². The summed E-state index contributed by atoms with van der Waals surface area (Å²) in [6, 6.07) is 0.434. The van der Waals surface area contributed by atoms with E-state index >= 15 is 0 Å². The molecule has 4 fully saturated rings. The lowest BCUT2D eigenvalue weighted by Crippen LogP contribution is -2.49. The van der Waals surface area contributed by atoms with E-state index < -0.39 is 0 Å². The van der Waals surface area contributed by atoms with Crippen LogP contribution < -0.4 is 5.73 Å². The van der Waals surface area contributed by atoms with Crippen molar-refractivity contribution in [1.29, 1.82) is 0 Å². The van der Waals surface area contributed by atoms with Crippen LogP contribution in [0.15, 0.2) is 12.4 Å². The van der Waals surface area contributed by atoms with Crippen molar-refractivity contribution in [2.75, 3.05) is 6.54 Å². The van der Waals surface area contributed by atoms with Crippen molar-refractivity contribution in [3.8, 4) is 0 Å². The summed E-state index contributed by atoms with van der Waals surface area (Å²) >= 11 is 0. The van der Waals surface area contributed by atoms with Gasteiger partial charge in [-0.05, 0) is 74.2 Å². The van der Waals surface area contributed by atoms with Crippen LogP contribution in [0, 0.1) is 36.5 Å². The minimum Gasteiger partial charge on any atom is -0.328 e. The molecule has 0 amide bonds. The van der Waals surface area contributed by atoms with E-state index in [-0.39, 0.29) is 0 Å². The third-order valence-electron chi connectivity index (χ3n) is 6.06. The summed E-state index contributed by atoms with van der Waals surface area (Å²) in [6.07, 6.45) is 11.5. The molecular formula is C16H25N3. The van der Waals surface area contributed by atoms with Crippen molar-refractivity contribution < 1.29 is 0 Å². The summed E-state index contributed by atoms with van der Waals surface area (Å²) in [7, 11) is 0. The third-order valence-corrected chi connectivity index (χ3v) is 6.06. The van der Waals surface area contributed by atoms with E-state index in [0.29, 0.717) is 6.04 Å². The van der Waals surface area contributed by atoms with Gasteiger partial charge in [-0.2, -0.15) is 5.10 Å². The highest BCUT2D eigenvalue weighted by Crippen LogP contribution is 2.58. The van der Waals surface area contributed by atoms with Gasteiger partial charge in [0.1, 0.15) is 0 Å². The lowest BCUT2D eigenvalue weighted by molar-refractivity contribution is -0.0587. The molecule has 4 saturated carbocycles. The van der Waals surface area contributed by atoms with E-state index in [9.17, 15) is 0 Å². The first kappa shape index (κ1) is 12.0. The van der Waals surface area contributed by atoms with Gasteiger partial charge in [0, 0.05) is 12.7 Å². The second kappa shape index (κ2) is 4.34. The quantitative estimate of drug-likeness (QED) is 0.907. The molecule has 0 saturated heterocycles. The molecule has 0 aromatic carbocycles. The molecule has 4 aliphatic carbocycles. The van der Waals surface area contributed by atoms with Crippen LogP contribution in [0.5, 0.6) is 0 Å². The van der Waals surface area contributed by atoms with E-state index in [1.807, 2.05) is 6.20 Å². The molecule has 1 atom stereocenters. The Kier molecular flexibility index (Phi) is 2.73. The average molecular weight is 259 g/mol. The zero-order chi connectivity index (χ0) is 13.0. The molecule has 19 heavy (non-hydrogen) atoms. The lowest BCUT2D eigenvalue weighted by atomic mass is 9.50. The number of rotatable bonds is 3. The summed E-state index contributed by atoms with van der Waals surface area (Å²) in [5, 5.41) is 4.56. The normalized spacial score (nSPS) is 41.7. The van der Waals surface area contributed by atoms with Gasteiger partial charge in [0.05, 0.1) is 12.2 Å². The van der Waals surface area contributed by atoms with Gasteiger partial charge >= 0.3 is 0 Å². The number of aromatic nitrogens is 2. The Bertz CT molecular complexity index is 436. The summed E-state index contributed by atoms with van der Waals surface area (Å²) in [5.41, 5.74) is 7.39. The predicted octanol–water partition coefficient (Wildman–Crippen LogP) is 2.76. The van der Waals surface area contributed by atoms with E-state index in [2.05, 4.69) is 22.9 Å². The van der Waals surface area contributed by atoms with Crippen molar-refractivity contribution in [3.63, 3.8) is 0 Å². The average Bonchev–Trinajstić information content (AvgIpc) is 2.79. The molecule has 2 N–H and O–H groups in total. The van der Waals surface area contributed by atoms with Crippen LogP contribution in [0.4, 0.5) is 0 Å². The van der Waals surface area contributed by atoms with Crippen LogP contribution in [0.3, 0.4) is 0 Å². The molecule has 0 radical (unpaired) electrons. The fourth-order valence-corrected chi connectivity index (χ4v) is 5.65. The Morgan fingerprint density at radius 1 is 1.21 bits per heavy atom. The van der Waals surface area contributed by atoms with Crippen LogP contribution in [-0.2, 0) is 0 Å². The Hall–Kier alpha value is -0.830. The highest BCUT2D eigenvalue weighted by Gasteiger charge is 2.50. The van der Waals surface area contributed by atoms with Crippen molar-refractivity contribution in [2.45, 2.75) is 45.1 Å². The molecule has 3 heteroatoms. The minimum atomic E-state index is 0.434. The Morgan fingerprint density at radius 3 is 2.32 bits per heavy atom. The largest absolute Gasteiger partial charge is 0.328 e. The molecular weight excluding hydrogens is 234 g/mol. The zero-order valence-corrected chi connectivity index (χ0v) is 11.8. The van der Waals surface area contributed by atoms with Gasteiger partial charge in [0.2, 0.25) is 0 Å². The second-order valence-electron chi connectivity index (χ2n) is 7.31. The van der Waals surface area contributed by atoms with Gasteiger partial charge < -0.3 is 5.73 Å². The Morgan fingerprint density at radius 2 is 1.84 bits per heavy atom. The topological polar surface area (TPSA) is 43.8 Å². The molecule has 0 aliphatic heterocycles. The maximum Gasteiger partial charge on any atom is 0.0674 e. The fraction of sp³-hybridized carbons (Fsp3) is 0.812. The van der Waals surface area contributed by atoms with Crippen molar-refractivity contribution in [2.24, 2.45) is 35.3 Å². The first-order valence-corrected chi connectivity index (χ1v) is 7.95. The first-order chi connectivity index (χ1) is 9.24. The SMILES string of the molecule is Cc1cnn(C(CN)C2C3CC4CC(C3)CC2C4)c1. The van der Waals surface area contributed by atoms with Crippen molar-refractivity contribution >= 4 is 0 Å². The molecule has 1 unspecified atom stereocenters. The molecule has 4 aliphatic rings. The van der Waals surface area contributed by atoms with Gasteiger partial charge in [-0.25, -0.2) is 0 Å². The molecule has 1 aromatic heterocycles. The molecule has 0 spiro atoms. The number of aryl methyl sites for hydroxylation is 1. The maximum absolute atomic E-state index is 6.13. The number of nitrogens with two attached hydrogens (primary N) is 1. The number of hydrogen-bond acceptors (Lipinski definition) is 2. The van der Waals surface area contributed by atoms with Gasteiger partial charge in [0.15, 0.2) is 0 Å². The van der Waals surface area contributed by atoms with Crippen molar-refractivity contribution in [3.05, 3.63) is 18.0 Å². The maximum atomic E-state index is 6.13. The monoisotopic (exact) mass is 259 g/mol. The van der Waals surface area contributed by atoms with Crippen LogP contribution >= 0.6 is 0 Å². The van der Waals surface area contributed by atoms with Crippen LogP contribution in [0.25, 0.3) is 0 Å². The van der Waals surface area contributed by atoms with E-state index in [0.717, 1.165) is 36.1 Å². The highest BCUT2D eigenvalue weighted by atomic mass is 15.3. The number of hydrogen-bond donors (Lipinski definition) is 1. The van der Waals surface area contributed by atoms with Gasteiger partial charge in [-0.15, -0.1) is 0 Å². The van der Waals surface area contributed by atoms with E-state index in [1.54, 1.807) is 0 Å². The lowest BCUT2D eigenvalue weighted by Gasteiger charge is -2.56. The summed E-state index contributed by atoms with van der Waals surface area (Å²) < 4.78 is 2.17. The van der Waals surface area contributed by atoms with Gasteiger partial charge in [-0.3, -0.25) is 4.68 Å². The van der Waals surface area contributed by atoms with Crippen LogP contribution in [0.1, 0.15) is 43.7 Å².